The molecule has 0 aliphatic carbocycles. The Morgan fingerprint density at radius 2 is 1.92 bits per heavy atom. The van der Waals surface area contributed by atoms with Gasteiger partial charge in [0.15, 0.2) is 0 Å². The lowest BCUT2D eigenvalue weighted by molar-refractivity contribution is -0.386. The summed E-state index contributed by atoms with van der Waals surface area (Å²) in [5.74, 6) is 0.772. The maximum atomic E-state index is 11.4. The number of aryl methyl sites for hydroxylation is 1. The Hall–Kier alpha value is -3.81. The summed E-state index contributed by atoms with van der Waals surface area (Å²) in [7, 11) is 0. The van der Waals surface area contributed by atoms with Gasteiger partial charge in [-0.3, -0.25) is 10.1 Å². The minimum Gasteiger partial charge on any atom is -0.432 e. The molecule has 0 amide bonds. The Kier molecular flexibility index (Phi) is 3.77. The van der Waals surface area contributed by atoms with E-state index in [0.29, 0.717) is 22.9 Å². The van der Waals surface area contributed by atoms with E-state index in [4.69, 9.17) is 4.74 Å². The summed E-state index contributed by atoms with van der Waals surface area (Å²) in [5.41, 5.74) is 1.94. The highest BCUT2D eigenvalue weighted by molar-refractivity contribution is 5.63. The SMILES string of the molecule is Cc1cccc(Oc2cc(-c3ccccc3)nc3ncnn23)c1[N+](=O)[O-]. The molecule has 2 aromatic heterocycles. The van der Waals surface area contributed by atoms with Crippen molar-refractivity contribution < 1.29 is 9.66 Å². The van der Waals surface area contributed by atoms with Gasteiger partial charge in [-0.2, -0.15) is 14.6 Å². The topological polar surface area (TPSA) is 95.5 Å². The fourth-order valence-corrected chi connectivity index (χ4v) is 2.68. The Morgan fingerprint density at radius 1 is 1.12 bits per heavy atom. The Morgan fingerprint density at radius 3 is 2.69 bits per heavy atom. The zero-order valence-corrected chi connectivity index (χ0v) is 13.7. The zero-order chi connectivity index (χ0) is 18.1. The van der Waals surface area contributed by atoms with E-state index in [1.165, 1.54) is 10.8 Å². The zero-order valence-electron chi connectivity index (χ0n) is 13.7. The monoisotopic (exact) mass is 347 g/mol. The Balaban J connectivity index is 1.86. The van der Waals surface area contributed by atoms with Crippen molar-refractivity contribution >= 4 is 11.5 Å². The van der Waals surface area contributed by atoms with Crippen LogP contribution in [0.3, 0.4) is 0 Å². The number of nitro groups is 1. The summed E-state index contributed by atoms with van der Waals surface area (Å²) in [4.78, 5) is 19.5. The molecule has 0 saturated carbocycles. The number of nitrogens with zero attached hydrogens (tertiary/aromatic N) is 5. The summed E-state index contributed by atoms with van der Waals surface area (Å²) in [6.45, 7) is 1.66. The van der Waals surface area contributed by atoms with E-state index >= 15 is 0 Å². The molecular weight excluding hydrogens is 334 g/mol. The van der Waals surface area contributed by atoms with Crippen LogP contribution < -0.4 is 4.74 Å². The van der Waals surface area contributed by atoms with E-state index in [0.717, 1.165) is 5.56 Å². The van der Waals surface area contributed by atoms with E-state index < -0.39 is 4.92 Å². The van der Waals surface area contributed by atoms with Crippen molar-refractivity contribution in [1.29, 1.82) is 0 Å². The fourth-order valence-electron chi connectivity index (χ4n) is 2.68. The number of para-hydroxylation sites is 1. The first-order chi connectivity index (χ1) is 12.6. The number of aromatic nitrogens is 4. The van der Waals surface area contributed by atoms with Crippen LogP contribution in [0, 0.1) is 17.0 Å². The molecule has 26 heavy (non-hydrogen) atoms. The van der Waals surface area contributed by atoms with Gasteiger partial charge in [-0.1, -0.05) is 42.5 Å². The number of fused-ring (bicyclic) bond motifs is 1. The number of nitro benzene ring substituents is 1. The number of ether oxygens (including phenoxy) is 1. The van der Waals surface area contributed by atoms with E-state index in [1.807, 2.05) is 30.3 Å². The van der Waals surface area contributed by atoms with Crippen molar-refractivity contribution in [2.45, 2.75) is 6.92 Å². The van der Waals surface area contributed by atoms with Gasteiger partial charge in [0, 0.05) is 17.2 Å². The molecule has 4 rings (SSSR count). The third-order valence-corrected chi connectivity index (χ3v) is 3.89. The van der Waals surface area contributed by atoms with Crippen LogP contribution in [0.1, 0.15) is 5.56 Å². The number of hydrogen-bond acceptors (Lipinski definition) is 6. The predicted octanol–water partition coefficient (Wildman–Crippen LogP) is 3.80. The number of benzene rings is 2. The summed E-state index contributed by atoms with van der Waals surface area (Å²) in [6, 6.07) is 16.1. The molecule has 128 valence electrons. The average molecular weight is 347 g/mol. The van der Waals surface area contributed by atoms with Crippen molar-refractivity contribution in [2.75, 3.05) is 0 Å². The molecule has 0 fully saturated rings. The Labute approximate surface area is 147 Å². The molecule has 8 nitrogen and oxygen atoms in total. The standard InChI is InChI=1S/C18H13N5O3/c1-12-6-5-9-15(17(12)23(24)25)26-16-10-14(13-7-3-2-4-8-13)21-18-19-11-20-22(16)18/h2-11H,1H3. The molecular formula is C18H13N5O3. The second kappa shape index (κ2) is 6.25. The molecule has 2 heterocycles. The van der Waals surface area contributed by atoms with Crippen LogP contribution in [-0.4, -0.2) is 24.5 Å². The first-order valence-corrected chi connectivity index (χ1v) is 7.81. The number of rotatable bonds is 4. The molecule has 0 bridgehead atoms. The molecule has 0 atom stereocenters. The van der Waals surface area contributed by atoms with Gasteiger partial charge in [-0.05, 0) is 13.0 Å². The predicted molar refractivity (Wildman–Crippen MR) is 94.1 cm³/mol. The largest absolute Gasteiger partial charge is 0.432 e. The average Bonchev–Trinajstić information content (AvgIpc) is 3.11. The van der Waals surface area contributed by atoms with Crippen LogP contribution in [0.2, 0.25) is 0 Å². The summed E-state index contributed by atoms with van der Waals surface area (Å²) in [6.07, 6.45) is 1.36. The first-order valence-electron chi connectivity index (χ1n) is 7.81. The lowest BCUT2D eigenvalue weighted by Gasteiger charge is -2.10. The first kappa shape index (κ1) is 15.7. The van der Waals surface area contributed by atoms with Gasteiger partial charge in [0.05, 0.1) is 10.6 Å². The smallest absolute Gasteiger partial charge is 0.314 e. The molecule has 0 radical (unpaired) electrons. The van der Waals surface area contributed by atoms with E-state index in [-0.39, 0.29) is 11.4 Å². The molecule has 0 unspecified atom stereocenters. The third-order valence-electron chi connectivity index (χ3n) is 3.89. The van der Waals surface area contributed by atoms with Crippen molar-refractivity contribution in [3.8, 4) is 22.9 Å². The van der Waals surface area contributed by atoms with E-state index in [1.54, 1.807) is 31.2 Å². The lowest BCUT2D eigenvalue weighted by atomic mass is 10.1. The van der Waals surface area contributed by atoms with Gasteiger partial charge >= 0.3 is 5.69 Å². The lowest BCUT2D eigenvalue weighted by Crippen LogP contribution is -2.02. The van der Waals surface area contributed by atoms with Crippen LogP contribution in [0.5, 0.6) is 11.6 Å². The van der Waals surface area contributed by atoms with Crippen molar-refractivity contribution in [3.05, 3.63) is 76.6 Å². The van der Waals surface area contributed by atoms with Crippen molar-refractivity contribution in [1.82, 2.24) is 19.6 Å². The van der Waals surface area contributed by atoms with Gasteiger partial charge in [-0.15, -0.1) is 0 Å². The van der Waals surface area contributed by atoms with E-state index in [2.05, 4.69) is 15.1 Å². The minimum absolute atomic E-state index is 0.0844. The van der Waals surface area contributed by atoms with Crippen LogP contribution in [0.4, 0.5) is 5.69 Å². The summed E-state index contributed by atoms with van der Waals surface area (Å²) in [5, 5.41) is 15.5. The highest BCUT2D eigenvalue weighted by Crippen LogP contribution is 2.34. The highest BCUT2D eigenvalue weighted by atomic mass is 16.6. The van der Waals surface area contributed by atoms with Crippen LogP contribution in [0.25, 0.3) is 17.0 Å². The Bertz CT molecular complexity index is 1110. The molecule has 2 aromatic carbocycles. The second-order valence-corrected chi connectivity index (χ2v) is 5.60. The maximum Gasteiger partial charge on any atom is 0.314 e. The summed E-state index contributed by atoms with van der Waals surface area (Å²) < 4.78 is 7.27. The third kappa shape index (κ3) is 2.73. The maximum absolute atomic E-state index is 11.4. The molecule has 0 saturated heterocycles. The van der Waals surface area contributed by atoms with Crippen LogP contribution in [-0.2, 0) is 0 Å². The van der Waals surface area contributed by atoms with Gasteiger partial charge < -0.3 is 4.74 Å². The van der Waals surface area contributed by atoms with E-state index in [9.17, 15) is 10.1 Å². The normalized spacial score (nSPS) is 10.8. The molecule has 0 aliphatic heterocycles. The summed E-state index contributed by atoms with van der Waals surface area (Å²) >= 11 is 0. The molecule has 0 spiro atoms. The molecule has 8 heteroatoms. The second-order valence-electron chi connectivity index (χ2n) is 5.60. The highest BCUT2D eigenvalue weighted by Gasteiger charge is 2.20. The van der Waals surface area contributed by atoms with Gasteiger partial charge in [0.25, 0.3) is 5.78 Å². The number of hydrogen-bond donors (Lipinski definition) is 0. The van der Waals surface area contributed by atoms with Gasteiger partial charge in [0.1, 0.15) is 6.33 Å². The van der Waals surface area contributed by atoms with Gasteiger partial charge in [-0.25, -0.2) is 4.98 Å². The van der Waals surface area contributed by atoms with Crippen molar-refractivity contribution in [2.24, 2.45) is 0 Å². The minimum atomic E-state index is -0.456. The quantitative estimate of drug-likeness (QED) is 0.411. The fraction of sp³-hybridized carbons (Fsp3) is 0.0556. The molecule has 0 N–H and O–H groups in total. The molecule has 4 aromatic rings. The van der Waals surface area contributed by atoms with Crippen LogP contribution in [0.15, 0.2) is 60.9 Å². The van der Waals surface area contributed by atoms with Crippen LogP contribution >= 0.6 is 0 Å². The van der Waals surface area contributed by atoms with Crippen molar-refractivity contribution in [3.63, 3.8) is 0 Å². The van der Waals surface area contributed by atoms with Gasteiger partial charge in [0.2, 0.25) is 11.6 Å². The molecule has 0 aliphatic rings.